The number of aromatic nitrogens is 3. The summed E-state index contributed by atoms with van der Waals surface area (Å²) in [7, 11) is -1.23. The first-order chi connectivity index (χ1) is 19.6. The Kier molecular flexibility index (Phi) is 8.60. The minimum Gasteiger partial charge on any atom is -0.494 e. The van der Waals surface area contributed by atoms with Crippen molar-refractivity contribution in [2.45, 2.75) is 71.1 Å². The molecule has 1 aliphatic carbocycles. The van der Waals surface area contributed by atoms with E-state index in [2.05, 4.69) is 42.4 Å². The summed E-state index contributed by atoms with van der Waals surface area (Å²) in [6.07, 6.45) is 0.958. The summed E-state index contributed by atoms with van der Waals surface area (Å²) in [4.78, 5) is 4.95. The van der Waals surface area contributed by atoms with Gasteiger partial charge in [-0.3, -0.25) is 0 Å². The highest BCUT2D eigenvalue weighted by atomic mass is 31.2. The van der Waals surface area contributed by atoms with E-state index in [9.17, 15) is 4.39 Å². The lowest BCUT2D eigenvalue weighted by atomic mass is 9.77. The number of benzene rings is 2. The third-order valence-electron chi connectivity index (χ3n) is 7.24. The maximum Gasteiger partial charge on any atom is 0.316 e. The largest absolute Gasteiger partial charge is 0.494 e. The highest BCUT2D eigenvalue weighted by Crippen LogP contribution is 2.49. The fourth-order valence-corrected chi connectivity index (χ4v) is 6.27. The van der Waals surface area contributed by atoms with Crippen LogP contribution in [0.5, 0.6) is 5.75 Å². The SMILES string of the molecule is CCOc1cc(C(C)(C)C)c2nc(-c3nnc(N[C@H]4C[C@@](CF)(OP(C)OCc5ccccc5)C4)o3)cc(C)c2c1. The van der Waals surface area contributed by atoms with Crippen LogP contribution in [0.2, 0.25) is 0 Å². The van der Waals surface area contributed by atoms with Crippen molar-refractivity contribution in [2.24, 2.45) is 0 Å². The van der Waals surface area contributed by atoms with Gasteiger partial charge in [-0.05, 0) is 67.0 Å². The van der Waals surface area contributed by atoms with E-state index in [-0.39, 0.29) is 17.5 Å². The number of hydrogen-bond acceptors (Lipinski definition) is 8. The molecule has 2 aromatic carbocycles. The standard InChI is InChI=1S/C31H38FN4O4P/c1-7-37-23-14-24-20(2)13-26(34-27(24)25(15-23)30(3,4)5)28-35-36-29(39-28)33-22-16-31(17-22,19-32)40-41(6)38-18-21-11-9-8-10-12-21/h8-15,22H,7,16-19H2,1-6H3,(H,33,36)/t22-,31+,41?. The fourth-order valence-electron chi connectivity index (χ4n) is 5.14. The summed E-state index contributed by atoms with van der Waals surface area (Å²) in [6, 6.07) is 16.1. The summed E-state index contributed by atoms with van der Waals surface area (Å²) in [5.74, 6) is 1.16. The lowest BCUT2D eigenvalue weighted by Crippen LogP contribution is -2.53. The van der Waals surface area contributed by atoms with Gasteiger partial charge in [0.1, 0.15) is 23.7 Å². The van der Waals surface area contributed by atoms with Crippen LogP contribution < -0.4 is 10.1 Å². The van der Waals surface area contributed by atoms with Crippen LogP contribution >= 0.6 is 8.38 Å². The summed E-state index contributed by atoms with van der Waals surface area (Å²) in [5, 5.41) is 12.7. The van der Waals surface area contributed by atoms with Crippen molar-refractivity contribution in [3.8, 4) is 17.3 Å². The summed E-state index contributed by atoms with van der Waals surface area (Å²) >= 11 is 0. The molecular formula is C31H38FN4O4P. The van der Waals surface area contributed by atoms with Gasteiger partial charge < -0.3 is 23.5 Å². The van der Waals surface area contributed by atoms with Crippen molar-refractivity contribution in [1.82, 2.24) is 15.2 Å². The monoisotopic (exact) mass is 580 g/mol. The molecule has 0 aliphatic heterocycles. The predicted molar refractivity (Wildman–Crippen MR) is 160 cm³/mol. The molecule has 1 N–H and O–H groups in total. The van der Waals surface area contributed by atoms with Crippen LogP contribution in [0, 0.1) is 6.92 Å². The quantitative estimate of drug-likeness (QED) is 0.180. The number of nitrogens with one attached hydrogen (secondary N) is 1. The summed E-state index contributed by atoms with van der Waals surface area (Å²) < 4.78 is 37.7. The average Bonchev–Trinajstić information content (AvgIpc) is 3.39. The Hall–Kier alpha value is -3.13. The normalized spacial score (nSPS) is 19.6. The van der Waals surface area contributed by atoms with Gasteiger partial charge in [0.25, 0.3) is 5.89 Å². The maximum absolute atomic E-state index is 14.0. The zero-order valence-electron chi connectivity index (χ0n) is 24.5. The first-order valence-corrected chi connectivity index (χ1v) is 15.6. The van der Waals surface area contributed by atoms with Gasteiger partial charge in [0, 0.05) is 18.1 Å². The molecule has 1 unspecified atom stereocenters. The Morgan fingerprint density at radius 3 is 2.56 bits per heavy atom. The Morgan fingerprint density at radius 1 is 1.12 bits per heavy atom. The fraction of sp³-hybridized carbons (Fsp3) is 0.452. The van der Waals surface area contributed by atoms with Crippen LogP contribution in [0.15, 0.2) is 52.9 Å². The molecule has 8 nitrogen and oxygen atoms in total. The molecule has 4 aromatic rings. The smallest absolute Gasteiger partial charge is 0.316 e. The summed E-state index contributed by atoms with van der Waals surface area (Å²) in [5.41, 5.74) is 3.66. The second-order valence-corrected chi connectivity index (χ2v) is 13.0. The number of ether oxygens (including phenoxy) is 1. The second kappa shape index (κ2) is 12.0. The maximum atomic E-state index is 14.0. The number of hydrogen-bond donors (Lipinski definition) is 1. The molecule has 0 radical (unpaired) electrons. The number of aryl methyl sites for hydroxylation is 1. The number of rotatable bonds is 11. The molecule has 0 saturated heterocycles. The molecule has 0 spiro atoms. The molecule has 0 amide bonds. The predicted octanol–water partition coefficient (Wildman–Crippen LogP) is 7.75. The molecule has 5 rings (SSSR count). The van der Waals surface area contributed by atoms with Crippen LogP contribution in [0.3, 0.4) is 0 Å². The van der Waals surface area contributed by atoms with Crippen LogP contribution in [0.4, 0.5) is 10.4 Å². The Morgan fingerprint density at radius 2 is 1.88 bits per heavy atom. The molecule has 1 atom stereocenters. The van der Waals surface area contributed by atoms with Gasteiger partial charge >= 0.3 is 6.01 Å². The molecule has 1 saturated carbocycles. The van der Waals surface area contributed by atoms with Gasteiger partial charge in [-0.15, -0.1) is 5.10 Å². The Labute approximate surface area is 241 Å². The molecular weight excluding hydrogens is 542 g/mol. The minimum absolute atomic E-state index is 0.0487. The molecule has 1 fully saturated rings. The number of fused-ring (bicyclic) bond motifs is 1. The van der Waals surface area contributed by atoms with Crippen LogP contribution in [-0.2, 0) is 21.1 Å². The van der Waals surface area contributed by atoms with Gasteiger partial charge in [0.05, 0.1) is 18.7 Å². The molecule has 1 aliphatic rings. The Balaban J connectivity index is 1.25. The molecule has 41 heavy (non-hydrogen) atoms. The van der Waals surface area contributed by atoms with E-state index in [1.807, 2.05) is 63.0 Å². The van der Waals surface area contributed by atoms with Crippen molar-refractivity contribution in [3.63, 3.8) is 0 Å². The van der Waals surface area contributed by atoms with E-state index in [1.54, 1.807) is 0 Å². The van der Waals surface area contributed by atoms with Crippen LogP contribution in [-0.4, -0.2) is 46.8 Å². The lowest BCUT2D eigenvalue weighted by molar-refractivity contribution is -0.0371. The summed E-state index contributed by atoms with van der Waals surface area (Å²) in [6.45, 7) is 12.8. The average molecular weight is 581 g/mol. The number of alkyl halides is 1. The molecule has 2 aromatic heterocycles. The second-order valence-electron chi connectivity index (χ2n) is 11.6. The van der Waals surface area contributed by atoms with E-state index in [0.717, 1.165) is 33.3 Å². The van der Waals surface area contributed by atoms with E-state index in [0.29, 0.717) is 37.6 Å². The van der Waals surface area contributed by atoms with Gasteiger partial charge in [-0.25, -0.2) is 9.37 Å². The zero-order valence-corrected chi connectivity index (χ0v) is 25.4. The van der Waals surface area contributed by atoms with Gasteiger partial charge in [0.15, 0.2) is 8.38 Å². The van der Waals surface area contributed by atoms with E-state index in [4.69, 9.17) is 23.2 Å². The number of halogens is 1. The van der Waals surface area contributed by atoms with Crippen molar-refractivity contribution in [3.05, 3.63) is 65.2 Å². The molecule has 0 bridgehead atoms. The van der Waals surface area contributed by atoms with E-state index in [1.165, 1.54) is 0 Å². The van der Waals surface area contributed by atoms with E-state index < -0.39 is 20.7 Å². The van der Waals surface area contributed by atoms with Crippen molar-refractivity contribution in [2.75, 3.05) is 25.3 Å². The van der Waals surface area contributed by atoms with Gasteiger partial charge in [-0.2, -0.15) is 0 Å². The minimum atomic E-state index is -1.23. The third kappa shape index (κ3) is 6.69. The van der Waals surface area contributed by atoms with Crippen molar-refractivity contribution < 1.29 is 22.6 Å². The van der Waals surface area contributed by atoms with E-state index >= 15 is 0 Å². The topological polar surface area (TPSA) is 91.5 Å². The van der Waals surface area contributed by atoms with Crippen molar-refractivity contribution >= 4 is 25.3 Å². The third-order valence-corrected chi connectivity index (χ3v) is 8.38. The first-order valence-electron chi connectivity index (χ1n) is 13.9. The van der Waals surface area contributed by atoms with Crippen LogP contribution in [0.25, 0.3) is 22.5 Å². The highest BCUT2D eigenvalue weighted by molar-refractivity contribution is 7.46. The van der Waals surface area contributed by atoms with Gasteiger partial charge in [-0.1, -0.05) is 56.2 Å². The number of nitrogens with zero attached hydrogens (tertiary/aromatic N) is 3. The first kappa shape index (κ1) is 29.4. The molecule has 2 heterocycles. The Bertz CT molecular complexity index is 1490. The number of pyridine rings is 1. The van der Waals surface area contributed by atoms with Crippen molar-refractivity contribution in [1.29, 1.82) is 0 Å². The number of anilines is 1. The lowest BCUT2D eigenvalue weighted by Gasteiger charge is -2.46. The zero-order chi connectivity index (χ0) is 29.2. The van der Waals surface area contributed by atoms with Crippen LogP contribution in [0.1, 0.15) is 57.2 Å². The highest BCUT2D eigenvalue weighted by Gasteiger charge is 2.48. The molecule has 218 valence electrons. The van der Waals surface area contributed by atoms with Gasteiger partial charge in [0.2, 0.25) is 0 Å². The molecule has 10 heteroatoms.